The van der Waals surface area contributed by atoms with Crippen LogP contribution in [0, 0.1) is 19.7 Å². The Kier molecular flexibility index (Phi) is 7.23. The fourth-order valence-electron chi connectivity index (χ4n) is 3.89. The van der Waals surface area contributed by atoms with E-state index in [-0.39, 0.29) is 39.5 Å². The van der Waals surface area contributed by atoms with Crippen LogP contribution in [0.15, 0.2) is 58.5 Å². The summed E-state index contributed by atoms with van der Waals surface area (Å²) in [6.07, 6.45) is 4.31. The van der Waals surface area contributed by atoms with Gasteiger partial charge < -0.3 is 9.84 Å². The van der Waals surface area contributed by atoms with Gasteiger partial charge in [0.2, 0.25) is 0 Å². The number of pyridine rings is 4. The number of rotatable bonds is 6. The zero-order valence-electron chi connectivity index (χ0n) is 20.4. The highest BCUT2D eigenvalue weighted by Crippen LogP contribution is 2.25. The van der Waals surface area contributed by atoms with E-state index in [2.05, 4.69) is 9.97 Å². The van der Waals surface area contributed by atoms with E-state index >= 15 is 0 Å². The van der Waals surface area contributed by atoms with Crippen LogP contribution in [0.3, 0.4) is 0 Å². The summed E-state index contributed by atoms with van der Waals surface area (Å²) in [6.45, 7) is 6.25. The summed E-state index contributed by atoms with van der Waals surface area (Å²) in [7, 11) is 0. The van der Waals surface area contributed by atoms with Gasteiger partial charge in [0.15, 0.2) is 0 Å². The van der Waals surface area contributed by atoms with Crippen LogP contribution in [0.2, 0.25) is 10.0 Å². The number of aryl methyl sites for hydroxylation is 2. The van der Waals surface area contributed by atoms with Crippen molar-refractivity contribution in [3.05, 3.63) is 108 Å². The topological polar surface area (TPSA) is 99.2 Å². The lowest BCUT2D eigenvalue weighted by Crippen LogP contribution is -2.32. The van der Waals surface area contributed by atoms with Crippen molar-refractivity contribution in [3.8, 4) is 17.3 Å². The Hall–Kier alpha value is -3.53. The number of halogens is 3. The number of hydrogen-bond donors (Lipinski definition) is 1. The van der Waals surface area contributed by atoms with Crippen molar-refractivity contribution in [1.29, 1.82) is 0 Å². The predicted octanol–water partition coefficient (Wildman–Crippen LogP) is 4.65. The highest BCUT2D eigenvalue weighted by molar-refractivity contribution is 6.31. The summed E-state index contributed by atoms with van der Waals surface area (Å²) < 4.78 is 22.3. The first-order valence-electron chi connectivity index (χ1n) is 11.1. The Morgan fingerprint density at radius 2 is 1.81 bits per heavy atom. The minimum atomic E-state index is -1.47. The molecule has 4 aromatic heterocycles. The quantitative estimate of drug-likeness (QED) is 0.379. The third-order valence-corrected chi connectivity index (χ3v) is 6.17. The highest BCUT2D eigenvalue weighted by atomic mass is 35.5. The van der Waals surface area contributed by atoms with Gasteiger partial charge >= 0.3 is 0 Å². The molecular formula is C26H23Cl2FN4O4. The molecule has 0 aliphatic heterocycles. The Morgan fingerprint density at radius 1 is 1.08 bits per heavy atom. The van der Waals surface area contributed by atoms with Gasteiger partial charge in [-0.15, -0.1) is 0 Å². The normalized spacial score (nSPS) is 11.6. The van der Waals surface area contributed by atoms with E-state index in [0.717, 1.165) is 6.07 Å². The van der Waals surface area contributed by atoms with Gasteiger partial charge in [0.05, 0.1) is 26.9 Å². The number of hydrogen-bond acceptors (Lipinski definition) is 6. The number of aromatic nitrogens is 4. The fourth-order valence-corrected chi connectivity index (χ4v) is 4.40. The van der Waals surface area contributed by atoms with Gasteiger partial charge in [-0.05, 0) is 45.4 Å². The number of ether oxygens (including phenoxy) is 1. The smallest absolute Gasteiger partial charge is 0.263 e. The fraction of sp³-hybridized carbons (Fsp3) is 0.231. The summed E-state index contributed by atoms with van der Waals surface area (Å²) in [5.41, 5.74) is -0.609. The van der Waals surface area contributed by atoms with Crippen molar-refractivity contribution in [3.63, 3.8) is 0 Å². The van der Waals surface area contributed by atoms with Crippen LogP contribution in [-0.4, -0.2) is 24.2 Å². The molecule has 11 heteroatoms. The summed E-state index contributed by atoms with van der Waals surface area (Å²) in [5, 5.41) is 10.7. The van der Waals surface area contributed by atoms with Crippen molar-refractivity contribution < 1.29 is 14.2 Å². The molecule has 0 saturated heterocycles. The lowest BCUT2D eigenvalue weighted by molar-refractivity contribution is 0.0769. The average molecular weight is 545 g/mol. The van der Waals surface area contributed by atoms with Gasteiger partial charge in [-0.2, -0.15) is 0 Å². The van der Waals surface area contributed by atoms with Gasteiger partial charge in [0, 0.05) is 42.5 Å². The Morgan fingerprint density at radius 3 is 2.46 bits per heavy atom. The molecule has 0 aliphatic rings. The lowest BCUT2D eigenvalue weighted by atomic mass is 10.00. The molecule has 0 saturated carbocycles. The molecule has 0 amide bonds. The standard InChI is InChI=1S/C26H23Cl2FN4O4/c1-14-11-31-22(32-6-5-18(28)24(25(32)35)26(3,4)36)10-21(14)33-15(2)7-17(9-23(33)34)37-13-20-19(29)8-16(27)12-30-20/h5-12,36H,13H2,1-4H3. The third-order valence-electron chi connectivity index (χ3n) is 5.65. The van der Waals surface area contributed by atoms with E-state index in [1.165, 1.54) is 47.5 Å². The molecule has 192 valence electrons. The highest BCUT2D eigenvalue weighted by Gasteiger charge is 2.25. The second-order valence-electron chi connectivity index (χ2n) is 8.98. The van der Waals surface area contributed by atoms with E-state index in [9.17, 15) is 19.1 Å². The van der Waals surface area contributed by atoms with Crippen molar-refractivity contribution >= 4 is 23.2 Å². The van der Waals surface area contributed by atoms with E-state index in [4.69, 9.17) is 27.9 Å². The summed E-state index contributed by atoms with van der Waals surface area (Å²) in [5.74, 6) is -0.128. The number of nitrogens with zero attached hydrogens (tertiary/aromatic N) is 4. The molecule has 1 N–H and O–H groups in total. The second kappa shape index (κ2) is 10.1. The van der Waals surface area contributed by atoms with Gasteiger partial charge in [-0.25, -0.2) is 9.37 Å². The molecule has 0 unspecified atom stereocenters. The molecule has 0 atom stereocenters. The maximum atomic E-state index is 14.0. The van der Waals surface area contributed by atoms with E-state index in [1.54, 1.807) is 32.2 Å². The third kappa shape index (κ3) is 5.44. The maximum absolute atomic E-state index is 14.0. The first kappa shape index (κ1) is 26.5. The molecule has 37 heavy (non-hydrogen) atoms. The van der Waals surface area contributed by atoms with Gasteiger partial charge in [0.1, 0.15) is 29.7 Å². The van der Waals surface area contributed by atoms with E-state index in [1.807, 2.05) is 0 Å². The zero-order chi connectivity index (χ0) is 27.1. The van der Waals surface area contributed by atoms with Crippen LogP contribution < -0.4 is 15.9 Å². The summed E-state index contributed by atoms with van der Waals surface area (Å²) in [6, 6.07) is 7.15. The van der Waals surface area contributed by atoms with Crippen LogP contribution in [0.5, 0.6) is 5.75 Å². The Bertz CT molecular complexity index is 1630. The molecule has 0 fully saturated rings. The van der Waals surface area contributed by atoms with Crippen LogP contribution in [-0.2, 0) is 12.2 Å². The van der Waals surface area contributed by atoms with Gasteiger partial charge in [0.25, 0.3) is 11.1 Å². The largest absolute Gasteiger partial charge is 0.487 e. The minimum absolute atomic E-state index is 0.0297. The number of aliphatic hydroxyl groups is 1. The molecule has 4 heterocycles. The van der Waals surface area contributed by atoms with Crippen molar-refractivity contribution in [2.24, 2.45) is 0 Å². The molecule has 4 aromatic rings. The molecule has 0 aromatic carbocycles. The average Bonchev–Trinajstić information content (AvgIpc) is 2.79. The van der Waals surface area contributed by atoms with Crippen LogP contribution in [0.4, 0.5) is 4.39 Å². The first-order chi connectivity index (χ1) is 17.4. The van der Waals surface area contributed by atoms with Crippen molar-refractivity contribution in [2.75, 3.05) is 0 Å². The molecule has 4 rings (SSSR count). The molecule has 0 radical (unpaired) electrons. The molecular weight excluding hydrogens is 522 g/mol. The minimum Gasteiger partial charge on any atom is -0.487 e. The summed E-state index contributed by atoms with van der Waals surface area (Å²) in [4.78, 5) is 34.5. The molecule has 0 spiro atoms. The SMILES string of the molecule is Cc1cnc(-n2ccc(Cl)c(C(C)(C)O)c2=O)cc1-n1c(C)cc(OCc2ncc(Cl)cc2F)cc1=O. The van der Waals surface area contributed by atoms with Crippen LogP contribution in [0.25, 0.3) is 11.5 Å². The maximum Gasteiger partial charge on any atom is 0.263 e. The molecule has 0 aliphatic carbocycles. The van der Waals surface area contributed by atoms with Gasteiger partial charge in [-0.3, -0.25) is 23.7 Å². The monoisotopic (exact) mass is 544 g/mol. The zero-order valence-corrected chi connectivity index (χ0v) is 21.9. The van der Waals surface area contributed by atoms with Crippen LogP contribution in [0.1, 0.15) is 36.4 Å². The van der Waals surface area contributed by atoms with Gasteiger partial charge in [-0.1, -0.05) is 23.2 Å². The van der Waals surface area contributed by atoms with Crippen LogP contribution >= 0.6 is 23.2 Å². The molecule has 8 nitrogen and oxygen atoms in total. The van der Waals surface area contributed by atoms with E-state index in [0.29, 0.717) is 16.9 Å². The lowest BCUT2D eigenvalue weighted by Gasteiger charge is -2.20. The Labute approximate surface area is 221 Å². The van der Waals surface area contributed by atoms with Crippen molar-refractivity contribution in [2.45, 2.75) is 39.9 Å². The molecule has 0 bridgehead atoms. The predicted molar refractivity (Wildman–Crippen MR) is 139 cm³/mol. The van der Waals surface area contributed by atoms with Crippen molar-refractivity contribution in [1.82, 2.24) is 19.1 Å². The Balaban J connectivity index is 1.72. The second-order valence-corrected chi connectivity index (χ2v) is 9.82. The summed E-state index contributed by atoms with van der Waals surface area (Å²) >= 11 is 11.9. The first-order valence-corrected chi connectivity index (χ1v) is 11.9. The van der Waals surface area contributed by atoms with E-state index < -0.39 is 22.5 Å².